The van der Waals surface area contributed by atoms with Crippen LogP contribution in [-0.4, -0.2) is 4.98 Å². The monoisotopic (exact) mass is 277 g/mol. The van der Waals surface area contributed by atoms with Crippen molar-refractivity contribution >= 4 is 21.6 Å². The quantitative estimate of drug-likeness (QED) is 0.877. The van der Waals surface area contributed by atoms with Crippen LogP contribution in [0.4, 0.5) is 5.69 Å². The van der Waals surface area contributed by atoms with E-state index in [1.807, 2.05) is 18.2 Å². The molecule has 0 saturated carbocycles. The first-order valence-electron chi connectivity index (χ1n) is 4.62. The molecule has 0 amide bonds. The molecule has 2 heterocycles. The number of hydrogen-bond acceptors (Lipinski definition) is 4. The van der Waals surface area contributed by atoms with Gasteiger partial charge in [0.2, 0.25) is 5.76 Å². The van der Waals surface area contributed by atoms with Crippen molar-refractivity contribution in [1.29, 1.82) is 5.26 Å². The van der Waals surface area contributed by atoms with E-state index in [0.29, 0.717) is 12.3 Å². The molecular weight excluding hydrogens is 270 g/mol. The lowest BCUT2D eigenvalue weighted by Gasteiger charge is -2.03. The highest BCUT2D eigenvalue weighted by molar-refractivity contribution is 9.10. The average Bonchev–Trinajstić information content (AvgIpc) is 2.76. The molecule has 0 radical (unpaired) electrons. The zero-order valence-corrected chi connectivity index (χ0v) is 9.86. The van der Waals surface area contributed by atoms with E-state index in [0.717, 1.165) is 16.1 Å². The number of nitriles is 1. The number of pyridine rings is 1. The molecule has 4 nitrogen and oxygen atoms in total. The Morgan fingerprint density at radius 1 is 1.38 bits per heavy atom. The van der Waals surface area contributed by atoms with Crippen LogP contribution in [0.25, 0.3) is 0 Å². The summed E-state index contributed by atoms with van der Waals surface area (Å²) in [4.78, 5) is 4.08. The van der Waals surface area contributed by atoms with E-state index in [2.05, 4.69) is 26.2 Å². The SMILES string of the molecule is N#Cc1ccc(CNc2ccc(Br)nc2)o1. The fraction of sp³-hybridized carbons (Fsp3) is 0.0909. The molecule has 0 atom stereocenters. The Kier molecular flexibility index (Phi) is 3.22. The molecule has 0 unspecified atom stereocenters. The molecule has 0 aliphatic heterocycles. The Hall–Kier alpha value is -1.80. The second kappa shape index (κ2) is 4.81. The number of halogens is 1. The van der Waals surface area contributed by atoms with E-state index in [-0.39, 0.29) is 0 Å². The second-order valence-corrected chi connectivity index (χ2v) is 3.91. The number of furan rings is 1. The minimum atomic E-state index is 0.325. The molecule has 0 aliphatic carbocycles. The molecule has 0 aliphatic rings. The molecule has 0 fully saturated rings. The molecule has 2 rings (SSSR count). The molecule has 2 aromatic heterocycles. The second-order valence-electron chi connectivity index (χ2n) is 3.10. The van der Waals surface area contributed by atoms with Gasteiger partial charge in [-0.25, -0.2) is 4.98 Å². The third kappa shape index (κ3) is 2.61. The van der Waals surface area contributed by atoms with Crippen molar-refractivity contribution in [3.8, 4) is 6.07 Å². The highest BCUT2D eigenvalue weighted by Crippen LogP contribution is 2.13. The van der Waals surface area contributed by atoms with Gasteiger partial charge < -0.3 is 9.73 Å². The highest BCUT2D eigenvalue weighted by Gasteiger charge is 2.00. The van der Waals surface area contributed by atoms with Gasteiger partial charge in [-0.3, -0.25) is 0 Å². The molecule has 5 heteroatoms. The number of nitrogens with zero attached hydrogens (tertiary/aromatic N) is 2. The van der Waals surface area contributed by atoms with E-state index in [1.165, 1.54) is 0 Å². The highest BCUT2D eigenvalue weighted by atomic mass is 79.9. The zero-order valence-electron chi connectivity index (χ0n) is 8.27. The minimum Gasteiger partial charge on any atom is -0.449 e. The number of anilines is 1. The van der Waals surface area contributed by atoms with Crippen LogP contribution in [0.3, 0.4) is 0 Å². The summed E-state index contributed by atoms with van der Waals surface area (Å²) in [6.45, 7) is 0.533. The van der Waals surface area contributed by atoms with Crippen LogP contribution in [0.2, 0.25) is 0 Å². The molecule has 1 N–H and O–H groups in total. The largest absolute Gasteiger partial charge is 0.449 e. The van der Waals surface area contributed by atoms with E-state index in [4.69, 9.17) is 9.68 Å². The summed E-state index contributed by atoms with van der Waals surface area (Å²) >= 11 is 3.26. The van der Waals surface area contributed by atoms with Crippen LogP contribution in [0.5, 0.6) is 0 Å². The lowest BCUT2D eigenvalue weighted by atomic mass is 10.4. The van der Waals surface area contributed by atoms with Gasteiger partial charge in [-0.2, -0.15) is 5.26 Å². The summed E-state index contributed by atoms with van der Waals surface area (Å²) < 4.78 is 6.02. The smallest absolute Gasteiger partial charge is 0.203 e. The van der Waals surface area contributed by atoms with E-state index < -0.39 is 0 Å². The topological polar surface area (TPSA) is 61.9 Å². The fourth-order valence-corrected chi connectivity index (χ4v) is 1.44. The summed E-state index contributed by atoms with van der Waals surface area (Å²) in [7, 11) is 0. The number of rotatable bonds is 3. The first kappa shape index (κ1) is 10.7. The predicted octanol–water partition coefficient (Wildman–Crippen LogP) is 2.92. The van der Waals surface area contributed by atoms with Crippen LogP contribution in [0.15, 0.2) is 39.5 Å². The van der Waals surface area contributed by atoms with E-state index in [1.54, 1.807) is 18.3 Å². The lowest BCUT2D eigenvalue weighted by Crippen LogP contribution is -1.98. The first-order valence-corrected chi connectivity index (χ1v) is 5.41. The van der Waals surface area contributed by atoms with Crippen LogP contribution in [-0.2, 0) is 6.54 Å². The molecular formula is C11H8BrN3O. The van der Waals surface area contributed by atoms with E-state index >= 15 is 0 Å². The Morgan fingerprint density at radius 3 is 2.88 bits per heavy atom. The Balaban J connectivity index is 1.97. The number of nitrogens with one attached hydrogen (secondary N) is 1. The Labute approximate surface area is 101 Å². The molecule has 0 bridgehead atoms. The third-order valence-electron chi connectivity index (χ3n) is 1.97. The summed E-state index contributed by atoms with van der Waals surface area (Å²) in [5.41, 5.74) is 0.901. The van der Waals surface area contributed by atoms with Crippen molar-refractivity contribution in [2.24, 2.45) is 0 Å². The Bertz CT molecular complexity index is 513. The molecule has 0 aromatic carbocycles. The molecule has 0 spiro atoms. The fourth-order valence-electron chi connectivity index (χ4n) is 1.20. The van der Waals surface area contributed by atoms with Gasteiger partial charge in [0.05, 0.1) is 18.4 Å². The maximum Gasteiger partial charge on any atom is 0.203 e. The maximum absolute atomic E-state index is 8.59. The summed E-state index contributed by atoms with van der Waals surface area (Å²) in [6, 6.07) is 9.13. The van der Waals surface area contributed by atoms with Gasteiger partial charge in [-0.05, 0) is 40.2 Å². The van der Waals surface area contributed by atoms with Gasteiger partial charge >= 0.3 is 0 Å². The first-order chi connectivity index (χ1) is 7.78. The summed E-state index contributed by atoms with van der Waals surface area (Å²) in [5, 5.41) is 11.7. The summed E-state index contributed by atoms with van der Waals surface area (Å²) in [5.74, 6) is 1.05. The predicted molar refractivity (Wildman–Crippen MR) is 62.7 cm³/mol. The van der Waals surface area contributed by atoms with Crippen molar-refractivity contribution in [3.63, 3.8) is 0 Å². The molecule has 0 saturated heterocycles. The number of hydrogen-bond donors (Lipinski definition) is 1. The minimum absolute atomic E-state index is 0.325. The number of aromatic nitrogens is 1. The van der Waals surface area contributed by atoms with Gasteiger partial charge in [0.25, 0.3) is 0 Å². The molecule has 2 aromatic rings. The van der Waals surface area contributed by atoms with Crippen molar-refractivity contribution in [1.82, 2.24) is 4.98 Å². The van der Waals surface area contributed by atoms with Gasteiger partial charge in [0.1, 0.15) is 16.4 Å². The molecule has 16 heavy (non-hydrogen) atoms. The average molecular weight is 278 g/mol. The van der Waals surface area contributed by atoms with E-state index in [9.17, 15) is 0 Å². The van der Waals surface area contributed by atoms with Crippen LogP contribution in [0.1, 0.15) is 11.5 Å². The lowest BCUT2D eigenvalue weighted by molar-refractivity contribution is 0.506. The van der Waals surface area contributed by atoms with Gasteiger partial charge in [0, 0.05) is 0 Å². The zero-order chi connectivity index (χ0) is 11.4. The van der Waals surface area contributed by atoms with Crippen LogP contribution < -0.4 is 5.32 Å². The van der Waals surface area contributed by atoms with Crippen molar-refractivity contribution in [3.05, 3.63) is 46.6 Å². The molecule has 80 valence electrons. The standard InChI is InChI=1S/C11H8BrN3O/c12-11-4-1-8(6-15-11)14-7-10-3-2-9(5-13)16-10/h1-4,6,14H,7H2. The normalized spacial score (nSPS) is 9.75. The van der Waals surface area contributed by atoms with Crippen molar-refractivity contribution in [2.75, 3.05) is 5.32 Å². The van der Waals surface area contributed by atoms with Gasteiger partial charge in [-0.1, -0.05) is 0 Å². The third-order valence-corrected chi connectivity index (χ3v) is 2.44. The van der Waals surface area contributed by atoms with Crippen LogP contribution >= 0.6 is 15.9 Å². The van der Waals surface area contributed by atoms with Gasteiger partial charge in [-0.15, -0.1) is 0 Å². The van der Waals surface area contributed by atoms with Crippen molar-refractivity contribution < 1.29 is 4.42 Å². The maximum atomic E-state index is 8.59. The van der Waals surface area contributed by atoms with Crippen molar-refractivity contribution in [2.45, 2.75) is 6.54 Å². The Morgan fingerprint density at radius 2 is 2.25 bits per heavy atom. The van der Waals surface area contributed by atoms with Gasteiger partial charge in [0.15, 0.2) is 0 Å². The van der Waals surface area contributed by atoms with Crippen LogP contribution in [0, 0.1) is 11.3 Å². The summed E-state index contributed by atoms with van der Waals surface area (Å²) in [6.07, 6.45) is 1.72.